The van der Waals surface area contributed by atoms with Gasteiger partial charge in [-0.2, -0.15) is 0 Å². The Labute approximate surface area is 57.4 Å². The summed E-state index contributed by atoms with van der Waals surface area (Å²) in [6, 6.07) is 1.66. The molecule has 0 saturated heterocycles. The van der Waals surface area contributed by atoms with E-state index in [0.717, 1.165) is 0 Å². The maximum absolute atomic E-state index is 10.0. The van der Waals surface area contributed by atoms with Gasteiger partial charge in [0, 0.05) is 12.5 Å². The first-order chi connectivity index (χ1) is 4.79. The second-order valence-corrected chi connectivity index (χ2v) is 1.88. The Balaban J connectivity index is 2.35. The molecule has 1 heterocycles. The monoisotopic (exact) mass is 141 g/mol. The summed E-state index contributed by atoms with van der Waals surface area (Å²) in [5.41, 5.74) is 0.683. The first-order valence-electron chi connectivity index (χ1n) is 2.90. The fourth-order valence-electron chi connectivity index (χ4n) is 0.602. The highest BCUT2D eigenvalue weighted by atomic mass is 16.5. The number of nitrogens with zero attached hydrogens (tertiary/aromatic N) is 1. The Morgan fingerprint density at radius 3 is 3.10 bits per heavy atom. The summed E-state index contributed by atoms with van der Waals surface area (Å²) in [6.45, 7) is 0. The zero-order valence-electron chi connectivity index (χ0n) is 5.28. The van der Waals surface area contributed by atoms with Gasteiger partial charge in [-0.3, -0.25) is 4.79 Å². The molecule has 0 aliphatic rings. The number of aromatic nitrogens is 1. The zero-order chi connectivity index (χ0) is 7.40. The van der Waals surface area contributed by atoms with Gasteiger partial charge in [0.05, 0.1) is 12.1 Å². The van der Waals surface area contributed by atoms with E-state index in [1.165, 1.54) is 6.26 Å². The van der Waals surface area contributed by atoms with Gasteiger partial charge in [-0.1, -0.05) is 5.16 Å². The highest BCUT2D eigenvalue weighted by Crippen LogP contribution is 1.98. The molecule has 4 nitrogen and oxygen atoms in total. The molecule has 0 saturated carbocycles. The Bertz CT molecular complexity index is 205. The average Bonchev–Trinajstić information content (AvgIpc) is 2.34. The van der Waals surface area contributed by atoms with Crippen LogP contribution < -0.4 is 0 Å². The van der Waals surface area contributed by atoms with Crippen LogP contribution in [0, 0.1) is 0 Å². The smallest absolute Gasteiger partial charge is 0.303 e. The van der Waals surface area contributed by atoms with Crippen LogP contribution in [-0.4, -0.2) is 16.2 Å². The Hall–Kier alpha value is -1.32. The largest absolute Gasteiger partial charge is 0.481 e. The number of hydrogen-bond donors (Lipinski definition) is 1. The summed E-state index contributed by atoms with van der Waals surface area (Å²) in [4.78, 5) is 10.0. The average molecular weight is 141 g/mol. The molecule has 0 aliphatic heterocycles. The molecule has 0 amide bonds. The number of carboxylic acid groups (broad SMARTS) is 1. The highest BCUT2D eigenvalue weighted by molar-refractivity contribution is 5.66. The first-order valence-corrected chi connectivity index (χ1v) is 2.90. The lowest BCUT2D eigenvalue weighted by Crippen LogP contribution is -1.97. The summed E-state index contributed by atoms with van der Waals surface area (Å²) < 4.78 is 4.50. The SMILES string of the molecule is O=C(O)CCc1ccon1. The number of aliphatic carboxylic acids is 1. The van der Waals surface area contributed by atoms with E-state index in [4.69, 9.17) is 5.11 Å². The molecule has 0 atom stereocenters. The van der Waals surface area contributed by atoms with E-state index in [-0.39, 0.29) is 6.42 Å². The lowest BCUT2D eigenvalue weighted by molar-refractivity contribution is -0.136. The van der Waals surface area contributed by atoms with E-state index >= 15 is 0 Å². The molecule has 54 valence electrons. The maximum atomic E-state index is 10.0. The van der Waals surface area contributed by atoms with Crippen LogP contribution in [0.15, 0.2) is 16.9 Å². The molecule has 1 aromatic rings. The van der Waals surface area contributed by atoms with E-state index in [0.29, 0.717) is 12.1 Å². The van der Waals surface area contributed by atoms with Crippen molar-refractivity contribution in [2.45, 2.75) is 12.8 Å². The molecular weight excluding hydrogens is 134 g/mol. The molecule has 0 spiro atoms. The van der Waals surface area contributed by atoms with Gasteiger partial charge in [0.15, 0.2) is 0 Å². The number of rotatable bonds is 3. The van der Waals surface area contributed by atoms with Crippen LogP contribution in [0.3, 0.4) is 0 Å². The molecule has 10 heavy (non-hydrogen) atoms. The topological polar surface area (TPSA) is 63.3 Å². The molecule has 0 aromatic carbocycles. The molecule has 0 fully saturated rings. The number of hydrogen-bond acceptors (Lipinski definition) is 3. The van der Waals surface area contributed by atoms with Crippen molar-refractivity contribution in [3.8, 4) is 0 Å². The molecule has 4 heteroatoms. The van der Waals surface area contributed by atoms with Gasteiger partial charge in [0.25, 0.3) is 0 Å². The lowest BCUT2D eigenvalue weighted by atomic mass is 10.2. The van der Waals surface area contributed by atoms with Crippen LogP contribution in [0.5, 0.6) is 0 Å². The molecule has 1 aromatic heterocycles. The van der Waals surface area contributed by atoms with Crippen molar-refractivity contribution in [2.24, 2.45) is 0 Å². The van der Waals surface area contributed by atoms with Gasteiger partial charge in [-0.15, -0.1) is 0 Å². The molecule has 0 aliphatic carbocycles. The van der Waals surface area contributed by atoms with Crippen molar-refractivity contribution in [2.75, 3.05) is 0 Å². The maximum Gasteiger partial charge on any atom is 0.303 e. The fraction of sp³-hybridized carbons (Fsp3) is 0.333. The second kappa shape index (κ2) is 3.00. The predicted octanol–water partition coefficient (Wildman–Crippen LogP) is 0.692. The number of carbonyl (C=O) groups is 1. The van der Waals surface area contributed by atoms with Crippen molar-refractivity contribution in [3.05, 3.63) is 18.0 Å². The van der Waals surface area contributed by atoms with E-state index < -0.39 is 5.97 Å². The quantitative estimate of drug-likeness (QED) is 0.672. The number of aryl methyl sites for hydroxylation is 1. The van der Waals surface area contributed by atoms with Gasteiger partial charge >= 0.3 is 5.97 Å². The van der Waals surface area contributed by atoms with Crippen molar-refractivity contribution in [3.63, 3.8) is 0 Å². The first kappa shape index (κ1) is 6.80. The summed E-state index contributed by atoms with van der Waals surface area (Å²) in [7, 11) is 0. The van der Waals surface area contributed by atoms with E-state index in [9.17, 15) is 4.79 Å². The molecule has 1 rings (SSSR count). The van der Waals surface area contributed by atoms with Gasteiger partial charge in [0.1, 0.15) is 6.26 Å². The van der Waals surface area contributed by atoms with Crippen LogP contribution in [0.2, 0.25) is 0 Å². The normalized spacial score (nSPS) is 9.60. The molecule has 1 N–H and O–H groups in total. The minimum absolute atomic E-state index is 0.104. The minimum atomic E-state index is -0.817. The number of carboxylic acids is 1. The summed E-state index contributed by atoms with van der Waals surface area (Å²) in [6.07, 6.45) is 1.97. The third-order valence-corrected chi connectivity index (χ3v) is 1.09. The Kier molecular flexibility index (Phi) is 2.04. The zero-order valence-corrected chi connectivity index (χ0v) is 5.28. The highest BCUT2D eigenvalue weighted by Gasteiger charge is 2.00. The minimum Gasteiger partial charge on any atom is -0.481 e. The Morgan fingerprint density at radius 2 is 2.60 bits per heavy atom. The predicted molar refractivity (Wildman–Crippen MR) is 32.5 cm³/mol. The third kappa shape index (κ3) is 1.89. The lowest BCUT2D eigenvalue weighted by Gasteiger charge is -1.87. The van der Waals surface area contributed by atoms with E-state index in [2.05, 4.69) is 9.68 Å². The summed E-state index contributed by atoms with van der Waals surface area (Å²) >= 11 is 0. The van der Waals surface area contributed by atoms with E-state index in [1.54, 1.807) is 6.07 Å². The van der Waals surface area contributed by atoms with Gasteiger partial charge in [-0.05, 0) is 0 Å². The van der Waals surface area contributed by atoms with Crippen molar-refractivity contribution >= 4 is 5.97 Å². The van der Waals surface area contributed by atoms with Crippen LogP contribution in [-0.2, 0) is 11.2 Å². The van der Waals surface area contributed by atoms with Gasteiger partial charge in [0.2, 0.25) is 0 Å². The standard InChI is InChI=1S/C6H7NO3/c8-6(9)2-1-5-3-4-10-7-5/h3-4H,1-2H2,(H,8,9). The van der Waals surface area contributed by atoms with E-state index in [1.807, 2.05) is 0 Å². The van der Waals surface area contributed by atoms with Crippen LogP contribution in [0.1, 0.15) is 12.1 Å². The molecular formula is C6H7NO3. The van der Waals surface area contributed by atoms with Crippen molar-refractivity contribution < 1.29 is 14.4 Å². The fourth-order valence-corrected chi connectivity index (χ4v) is 0.602. The molecule has 0 bridgehead atoms. The summed E-state index contributed by atoms with van der Waals surface area (Å²) in [5, 5.41) is 11.8. The van der Waals surface area contributed by atoms with Gasteiger partial charge in [-0.25, -0.2) is 0 Å². The second-order valence-electron chi connectivity index (χ2n) is 1.88. The van der Waals surface area contributed by atoms with Crippen LogP contribution in [0.25, 0.3) is 0 Å². The van der Waals surface area contributed by atoms with Gasteiger partial charge < -0.3 is 9.63 Å². The molecule has 0 unspecified atom stereocenters. The third-order valence-electron chi connectivity index (χ3n) is 1.09. The van der Waals surface area contributed by atoms with Crippen molar-refractivity contribution in [1.29, 1.82) is 0 Å². The Morgan fingerprint density at radius 1 is 1.80 bits per heavy atom. The van der Waals surface area contributed by atoms with Crippen LogP contribution >= 0.6 is 0 Å². The van der Waals surface area contributed by atoms with Crippen LogP contribution in [0.4, 0.5) is 0 Å². The summed E-state index contributed by atoms with van der Waals surface area (Å²) in [5.74, 6) is -0.817. The molecule has 0 radical (unpaired) electrons. The van der Waals surface area contributed by atoms with Crippen molar-refractivity contribution in [1.82, 2.24) is 5.16 Å².